The van der Waals surface area contributed by atoms with Crippen LogP contribution in [0.1, 0.15) is 10.5 Å². The van der Waals surface area contributed by atoms with Crippen LogP contribution in [-0.4, -0.2) is 15.9 Å². The van der Waals surface area contributed by atoms with Crippen LogP contribution in [0.2, 0.25) is 5.02 Å². The van der Waals surface area contributed by atoms with Crippen LogP contribution in [0.25, 0.3) is 0 Å². The van der Waals surface area contributed by atoms with Crippen molar-refractivity contribution in [3.05, 3.63) is 77.1 Å². The van der Waals surface area contributed by atoms with E-state index in [9.17, 15) is 13.6 Å². The molecular formula is C17H11ClF2N4O. The summed E-state index contributed by atoms with van der Waals surface area (Å²) in [4.78, 5) is 20.3. The second-order valence-corrected chi connectivity index (χ2v) is 5.41. The van der Waals surface area contributed by atoms with Gasteiger partial charge < -0.3 is 10.6 Å². The predicted molar refractivity (Wildman–Crippen MR) is 91.1 cm³/mol. The zero-order valence-corrected chi connectivity index (χ0v) is 13.4. The minimum absolute atomic E-state index is 0.0233. The number of nitrogens with zero attached hydrogens (tertiary/aromatic N) is 2. The summed E-state index contributed by atoms with van der Waals surface area (Å²) in [6.45, 7) is 0. The molecule has 2 aromatic carbocycles. The van der Waals surface area contributed by atoms with Crippen molar-refractivity contribution in [2.75, 3.05) is 10.6 Å². The first-order valence-electron chi connectivity index (χ1n) is 7.13. The van der Waals surface area contributed by atoms with Crippen LogP contribution < -0.4 is 10.6 Å². The molecule has 0 atom stereocenters. The lowest BCUT2D eigenvalue weighted by atomic mass is 10.3. The molecule has 0 spiro atoms. The van der Waals surface area contributed by atoms with Crippen molar-refractivity contribution >= 4 is 34.8 Å². The summed E-state index contributed by atoms with van der Waals surface area (Å²) in [7, 11) is 0. The molecule has 1 heterocycles. The molecule has 1 aromatic heterocycles. The van der Waals surface area contributed by atoms with Gasteiger partial charge in [-0.05, 0) is 42.5 Å². The Hall–Kier alpha value is -3.06. The Morgan fingerprint density at radius 2 is 1.80 bits per heavy atom. The van der Waals surface area contributed by atoms with Crippen LogP contribution in [0.15, 0.2) is 54.7 Å². The molecule has 3 rings (SSSR count). The fraction of sp³-hybridized carbons (Fsp3) is 0. The number of carbonyl (C=O) groups is 1. The first-order chi connectivity index (χ1) is 12.0. The van der Waals surface area contributed by atoms with Crippen LogP contribution in [-0.2, 0) is 0 Å². The van der Waals surface area contributed by atoms with Gasteiger partial charge >= 0.3 is 0 Å². The number of nitrogens with one attached hydrogen (secondary N) is 2. The lowest BCUT2D eigenvalue weighted by Gasteiger charge is -2.08. The van der Waals surface area contributed by atoms with Crippen molar-refractivity contribution in [1.82, 2.24) is 9.97 Å². The van der Waals surface area contributed by atoms with E-state index >= 15 is 0 Å². The maximum Gasteiger partial charge on any atom is 0.274 e. The fourth-order valence-corrected chi connectivity index (χ4v) is 2.11. The number of amides is 1. The minimum atomic E-state index is -0.873. The number of hydrogen-bond acceptors (Lipinski definition) is 4. The third-order valence-electron chi connectivity index (χ3n) is 3.17. The molecule has 25 heavy (non-hydrogen) atoms. The van der Waals surface area contributed by atoms with E-state index in [0.29, 0.717) is 16.8 Å². The number of carbonyl (C=O) groups excluding carboxylic acids is 1. The predicted octanol–water partition coefficient (Wildman–Crippen LogP) is 4.40. The molecule has 0 aliphatic heterocycles. The zero-order chi connectivity index (χ0) is 17.8. The Kier molecular flexibility index (Phi) is 4.85. The molecule has 2 N–H and O–H groups in total. The number of benzene rings is 2. The zero-order valence-electron chi connectivity index (χ0n) is 12.6. The molecule has 1 amide bonds. The number of rotatable bonds is 4. The molecule has 0 aliphatic carbocycles. The summed E-state index contributed by atoms with van der Waals surface area (Å²) in [5.41, 5.74) is 0.568. The van der Waals surface area contributed by atoms with Gasteiger partial charge in [-0.3, -0.25) is 4.79 Å². The molecule has 0 aliphatic rings. The van der Waals surface area contributed by atoms with Crippen LogP contribution >= 0.6 is 11.6 Å². The lowest BCUT2D eigenvalue weighted by Crippen LogP contribution is -2.15. The number of halogens is 3. The molecular weight excluding hydrogens is 350 g/mol. The van der Waals surface area contributed by atoms with Crippen LogP contribution in [0, 0.1) is 11.6 Å². The summed E-state index contributed by atoms with van der Waals surface area (Å²) < 4.78 is 26.5. The molecule has 3 aromatic rings. The first kappa shape index (κ1) is 16.8. The second-order valence-electron chi connectivity index (χ2n) is 4.98. The Morgan fingerprint density at radius 3 is 2.52 bits per heavy atom. The van der Waals surface area contributed by atoms with Crippen LogP contribution in [0.4, 0.5) is 26.1 Å². The highest BCUT2D eigenvalue weighted by atomic mass is 35.5. The van der Waals surface area contributed by atoms with Gasteiger partial charge in [-0.1, -0.05) is 11.6 Å². The van der Waals surface area contributed by atoms with Crippen LogP contribution in [0.3, 0.4) is 0 Å². The minimum Gasteiger partial charge on any atom is -0.324 e. The Morgan fingerprint density at radius 1 is 1.04 bits per heavy atom. The molecule has 8 heteroatoms. The smallest absolute Gasteiger partial charge is 0.274 e. The molecule has 126 valence electrons. The van der Waals surface area contributed by atoms with E-state index in [1.165, 1.54) is 12.3 Å². The summed E-state index contributed by atoms with van der Waals surface area (Å²) >= 11 is 5.81. The van der Waals surface area contributed by atoms with Gasteiger partial charge in [-0.2, -0.15) is 0 Å². The third-order valence-corrected chi connectivity index (χ3v) is 3.42. The van der Waals surface area contributed by atoms with E-state index in [0.717, 1.165) is 12.1 Å². The van der Waals surface area contributed by atoms with Gasteiger partial charge in [0.25, 0.3) is 5.91 Å². The number of hydrogen-bond donors (Lipinski definition) is 2. The average molecular weight is 361 g/mol. The summed E-state index contributed by atoms with van der Waals surface area (Å²) in [6.07, 6.45) is 1.39. The molecule has 0 saturated heterocycles. The van der Waals surface area contributed by atoms with Crippen molar-refractivity contribution in [2.45, 2.75) is 0 Å². The highest BCUT2D eigenvalue weighted by Crippen LogP contribution is 2.18. The van der Waals surface area contributed by atoms with E-state index in [1.54, 1.807) is 24.3 Å². The molecule has 5 nitrogen and oxygen atoms in total. The van der Waals surface area contributed by atoms with Crippen molar-refractivity contribution in [1.29, 1.82) is 0 Å². The van der Waals surface area contributed by atoms with Crippen molar-refractivity contribution < 1.29 is 13.6 Å². The molecule has 0 unspecified atom stereocenters. The van der Waals surface area contributed by atoms with Gasteiger partial charge in [0.15, 0.2) is 0 Å². The molecule has 0 fully saturated rings. The number of aromatic nitrogens is 2. The lowest BCUT2D eigenvalue weighted by molar-refractivity contribution is 0.102. The second kappa shape index (κ2) is 7.23. The Bertz CT molecular complexity index is 919. The van der Waals surface area contributed by atoms with Crippen LogP contribution in [0.5, 0.6) is 0 Å². The quantitative estimate of drug-likeness (QED) is 0.723. The van der Waals surface area contributed by atoms with Crippen molar-refractivity contribution in [2.24, 2.45) is 0 Å². The van der Waals surface area contributed by atoms with E-state index in [4.69, 9.17) is 11.6 Å². The summed E-state index contributed by atoms with van der Waals surface area (Å²) in [5.74, 6) is -2.06. The summed E-state index contributed by atoms with van der Waals surface area (Å²) in [5, 5.41) is 5.84. The normalized spacial score (nSPS) is 10.4. The van der Waals surface area contributed by atoms with E-state index in [2.05, 4.69) is 20.6 Å². The molecule has 0 saturated carbocycles. The van der Waals surface area contributed by atoms with Crippen molar-refractivity contribution in [3.63, 3.8) is 0 Å². The van der Waals surface area contributed by atoms with E-state index < -0.39 is 17.5 Å². The van der Waals surface area contributed by atoms with Crippen molar-refractivity contribution in [3.8, 4) is 0 Å². The average Bonchev–Trinajstić information content (AvgIpc) is 2.60. The van der Waals surface area contributed by atoms with Gasteiger partial charge in [0.1, 0.15) is 17.3 Å². The van der Waals surface area contributed by atoms with E-state index in [1.807, 2.05) is 0 Å². The molecule has 0 bridgehead atoms. The fourth-order valence-electron chi connectivity index (χ4n) is 1.98. The van der Waals surface area contributed by atoms with E-state index in [-0.39, 0.29) is 17.3 Å². The topological polar surface area (TPSA) is 66.9 Å². The maximum atomic E-state index is 13.6. The van der Waals surface area contributed by atoms with Gasteiger partial charge in [0, 0.05) is 23.0 Å². The summed E-state index contributed by atoms with van der Waals surface area (Å²) in [6, 6.07) is 11.1. The Labute approximate surface area is 146 Å². The SMILES string of the molecule is O=C(Nc1ccc(F)cc1F)c1ccnc(Nc2ccc(Cl)cc2)n1. The monoisotopic (exact) mass is 360 g/mol. The highest BCUT2D eigenvalue weighted by Gasteiger charge is 2.12. The maximum absolute atomic E-state index is 13.6. The number of anilines is 3. The third kappa shape index (κ3) is 4.27. The van der Waals surface area contributed by atoms with Gasteiger partial charge in [-0.25, -0.2) is 18.7 Å². The highest BCUT2D eigenvalue weighted by molar-refractivity contribution is 6.30. The Balaban J connectivity index is 1.76. The van der Waals surface area contributed by atoms with Gasteiger partial charge in [0.2, 0.25) is 5.95 Å². The first-order valence-corrected chi connectivity index (χ1v) is 7.51. The standard InChI is InChI=1S/C17H11ClF2N4O/c18-10-1-4-12(5-2-10)22-17-21-8-7-15(24-17)16(25)23-14-6-3-11(19)9-13(14)20/h1-9H,(H,23,25)(H,21,22,24). The van der Waals surface area contributed by atoms with Gasteiger partial charge in [-0.15, -0.1) is 0 Å². The molecule has 0 radical (unpaired) electrons. The van der Waals surface area contributed by atoms with Gasteiger partial charge in [0.05, 0.1) is 5.69 Å². The largest absolute Gasteiger partial charge is 0.324 e.